The van der Waals surface area contributed by atoms with Crippen LogP contribution in [0, 0.1) is 11.6 Å². The molecule has 0 aliphatic rings. The zero-order chi connectivity index (χ0) is 16.9. The summed E-state index contributed by atoms with van der Waals surface area (Å²) < 4.78 is 26.9. The fraction of sp³-hybridized carbons (Fsp3) is 0.0667. The summed E-state index contributed by atoms with van der Waals surface area (Å²) in [7, 11) is 0. The molecule has 0 bridgehead atoms. The lowest BCUT2D eigenvalue weighted by Gasteiger charge is -2.06. The number of halogens is 2. The lowest BCUT2D eigenvalue weighted by Crippen LogP contribution is -2.16. The topological polar surface area (TPSA) is 83.6 Å². The van der Waals surface area contributed by atoms with Crippen LogP contribution in [0.5, 0.6) is 0 Å². The van der Waals surface area contributed by atoms with Crippen LogP contribution in [0.15, 0.2) is 47.9 Å². The van der Waals surface area contributed by atoms with Gasteiger partial charge in [-0.15, -0.1) is 5.10 Å². The van der Waals surface area contributed by atoms with E-state index in [-0.39, 0.29) is 5.75 Å². The monoisotopic (exact) mass is 347 g/mol. The van der Waals surface area contributed by atoms with Crippen molar-refractivity contribution in [3.8, 4) is 11.4 Å². The van der Waals surface area contributed by atoms with Crippen molar-refractivity contribution < 1.29 is 13.6 Å². The zero-order valence-corrected chi connectivity index (χ0v) is 13.0. The Bertz CT molecular complexity index is 836. The van der Waals surface area contributed by atoms with Gasteiger partial charge in [0.25, 0.3) is 0 Å². The van der Waals surface area contributed by atoms with Crippen LogP contribution in [-0.2, 0) is 4.79 Å². The molecule has 6 nitrogen and oxygen atoms in total. The number of nitrogens with one attached hydrogen (secondary N) is 2. The first-order valence-electron chi connectivity index (χ1n) is 6.83. The number of aromatic amines is 1. The van der Waals surface area contributed by atoms with E-state index in [4.69, 9.17) is 0 Å². The Morgan fingerprint density at radius 1 is 1.17 bits per heavy atom. The molecule has 0 saturated heterocycles. The third-order valence-corrected chi connectivity index (χ3v) is 3.83. The molecule has 0 unspecified atom stereocenters. The van der Waals surface area contributed by atoms with Gasteiger partial charge in [0.1, 0.15) is 17.3 Å². The number of nitrogens with zero attached hydrogens (tertiary/aromatic N) is 3. The van der Waals surface area contributed by atoms with E-state index in [1.807, 2.05) is 0 Å². The van der Waals surface area contributed by atoms with Crippen LogP contribution in [0.3, 0.4) is 0 Å². The first-order chi connectivity index (χ1) is 11.6. The molecule has 3 rings (SSSR count). The molecule has 122 valence electrons. The summed E-state index contributed by atoms with van der Waals surface area (Å²) in [5.74, 6) is -1.75. The Morgan fingerprint density at radius 3 is 2.58 bits per heavy atom. The van der Waals surface area contributed by atoms with Crippen LogP contribution in [0.1, 0.15) is 0 Å². The summed E-state index contributed by atoms with van der Waals surface area (Å²) in [5.41, 5.74) is 0.345. The van der Waals surface area contributed by atoms with Gasteiger partial charge in [-0.3, -0.25) is 14.9 Å². The number of carbonyl (C=O) groups excluding carboxylic acids is 1. The number of benzene rings is 1. The van der Waals surface area contributed by atoms with E-state index in [0.717, 1.165) is 29.5 Å². The average Bonchev–Trinajstić information content (AvgIpc) is 3.06. The highest BCUT2D eigenvalue weighted by atomic mass is 32.2. The normalized spacial score (nSPS) is 10.6. The van der Waals surface area contributed by atoms with Crippen molar-refractivity contribution in [2.45, 2.75) is 5.16 Å². The summed E-state index contributed by atoms with van der Waals surface area (Å²) >= 11 is 1.05. The molecule has 3 aromatic rings. The third kappa shape index (κ3) is 3.74. The Morgan fingerprint density at radius 2 is 1.88 bits per heavy atom. The van der Waals surface area contributed by atoms with Crippen molar-refractivity contribution in [2.75, 3.05) is 11.1 Å². The van der Waals surface area contributed by atoms with Gasteiger partial charge in [0.05, 0.1) is 5.75 Å². The highest BCUT2D eigenvalue weighted by Gasteiger charge is 2.13. The van der Waals surface area contributed by atoms with Gasteiger partial charge in [-0.2, -0.15) is 0 Å². The number of aromatic nitrogens is 4. The van der Waals surface area contributed by atoms with E-state index in [1.54, 1.807) is 24.5 Å². The molecule has 0 atom stereocenters. The van der Waals surface area contributed by atoms with Gasteiger partial charge in [0.15, 0.2) is 5.82 Å². The number of thioether (sulfide) groups is 1. The molecule has 1 amide bonds. The summed E-state index contributed by atoms with van der Waals surface area (Å²) in [5, 5.41) is 9.29. The van der Waals surface area contributed by atoms with Crippen molar-refractivity contribution >= 4 is 23.4 Å². The van der Waals surface area contributed by atoms with E-state index in [2.05, 4.69) is 25.5 Å². The van der Waals surface area contributed by atoms with Gasteiger partial charge in [-0.05, 0) is 24.3 Å². The zero-order valence-electron chi connectivity index (χ0n) is 12.2. The van der Waals surface area contributed by atoms with Crippen molar-refractivity contribution in [2.24, 2.45) is 0 Å². The fourth-order valence-electron chi connectivity index (χ4n) is 1.87. The molecular weight excluding hydrogens is 336 g/mol. The highest BCUT2D eigenvalue weighted by molar-refractivity contribution is 7.99. The molecule has 0 radical (unpaired) electrons. The Hall–Kier alpha value is -2.81. The second-order valence-electron chi connectivity index (χ2n) is 4.64. The molecule has 0 aliphatic heterocycles. The lowest BCUT2D eigenvalue weighted by molar-refractivity contribution is -0.113. The average molecular weight is 347 g/mol. The number of rotatable bonds is 5. The molecule has 2 heterocycles. The molecule has 0 saturated carbocycles. The summed E-state index contributed by atoms with van der Waals surface area (Å²) in [6.07, 6.45) is 3.25. The van der Waals surface area contributed by atoms with Gasteiger partial charge in [-0.1, -0.05) is 17.8 Å². The van der Waals surface area contributed by atoms with Crippen LogP contribution >= 0.6 is 11.8 Å². The third-order valence-electron chi connectivity index (χ3n) is 2.98. The largest absolute Gasteiger partial charge is 0.320 e. The predicted octanol–water partition coefficient (Wildman–Crippen LogP) is 2.88. The van der Waals surface area contributed by atoms with Gasteiger partial charge < -0.3 is 5.32 Å². The van der Waals surface area contributed by atoms with Crippen molar-refractivity contribution in [1.29, 1.82) is 0 Å². The second kappa shape index (κ2) is 7.18. The number of H-pyrrole nitrogens is 1. The maximum absolute atomic E-state index is 13.5. The van der Waals surface area contributed by atoms with Crippen LogP contribution in [0.25, 0.3) is 11.4 Å². The summed E-state index contributed by atoms with van der Waals surface area (Å²) in [6, 6.07) is 6.90. The minimum Gasteiger partial charge on any atom is -0.320 e. The summed E-state index contributed by atoms with van der Waals surface area (Å²) in [4.78, 5) is 20.0. The first-order valence-corrected chi connectivity index (χ1v) is 7.81. The molecule has 24 heavy (non-hydrogen) atoms. The van der Waals surface area contributed by atoms with Crippen LogP contribution in [0.2, 0.25) is 0 Å². The highest BCUT2D eigenvalue weighted by Crippen LogP contribution is 2.21. The van der Waals surface area contributed by atoms with Crippen molar-refractivity contribution in [1.82, 2.24) is 20.2 Å². The van der Waals surface area contributed by atoms with E-state index >= 15 is 0 Å². The Kier molecular flexibility index (Phi) is 4.80. The van der Waals surface area contributed by atoms with Crippen LogP contribution < -0.4 is 5.32 Å². The maximum Gasteiger partial charge on any atom is 0.235 e. The van der Waals surface area contributed by atoms with Gasteiger partial charge in [0, 0.05) is 18.0 Å². The van der Waals surface area contributed by atoms with Crippen molar-refractivity contribution in [3.05, 3.63) is 54.4 Å². The second-order valence-corrected chi connectivity index (χ2v) is 5.58. The lowest BCUT2D eigenvalue weighted by atomic mass is 10.3. The molecular formula is C15H11F2N5OS. The number of anilines is 1. The van der Waals surface area contributed by atoms with Crippen molar-refractivity contribution in [3.63, 3.8) is 0 Å². The Labute approximate surface area is 139 Å². The number of hydrogen-bond donors (Lipinski definition) is 2. The first kappa shape index (κ1) is 16.1. The maximum atomic E-state index is 13.5. The molecule has 0 spiro atoms. The van der Waals surface area contributed by atoms with Crippen LogP contribution in [0.4, 0.5) is 14.5 Å². The molecule has 1 aromatic carbocycles. The van der Waals surface area contributed by atoms with E-state index in [0.29, 0.717) is 11.0 Å². The minimum absolute atomic E-state index is 0.0819. The molecule has 2 N–H and O–H groups in total. The quantitative estimate of drug-likeness (QED) is 0.694. The van der Waals surface area contributed by atoms with E-state index in [9.17, 15) is 13.6 Å². The number of hydrogen-bond acceptors (Lipinski definition) is 5. The Balaban J connectivity index is 1.60. The molecule has 9 heteroatoms. The summed E-state index contributed by atoms with van der Waals surface area (Å²) in [6.45, 7) is 0. The predicted molar refractivity (Wildman–Crippen MR) is 85.3 cm³/mol. The molecule has 0 fully saturated rings. The SMILES string of the molecule is O=C(CSc1n[nH]c(-c2ccncc2)n1)Nc1c(F)cccc1F. The van der Waals surface area contributed by atoms with Crippen LogP contribution in [-0.4, -0.2) is 31.8 Å². The number of para-hydroxylation sites is 1. The molecule has 0 aliphatic carbocycles. The fourth-order valence-corrected chi connectivity index (χ4v) is 2.47. The number of carbonyl (C=O) groups is 1. The van der Waals surface area contributed by atoms with E-state index < -0.39 is 23.2 Å². The van der Waals surface area contributed by atoms with Gasteiger partial charge >= 0.3 is 0 Å². The standard InChI is InChI=1S/C15H11F2N5OS/c16-10-2-1-3-11(17)13(10)19-12(23)8-24-15-20-14(21-22-15)9-4-6-18-7-5-9/h1-7H,8H2,(H,19,23)(H,20,21,22). The number of amides is 1. The van der Waals surface area contributed by atoms with Gasteiger partial charge in [-0.25, -0.2) is 13.8 Å². The smallest absolute Gasteiger partial charge is 0.235 e. The number of pyridine rings is 1. The van der Waals surface area contributed by atoms with Gasteiger partial charge in [0.2, 0.25) is 11.1 Å². The molecule has 2 aromatic heterocycles. The van der Waals surface area contributed by atoms with E-state index in [1.165, 1.54) is 6.07 Å². The minimum atomic E-state index is -0.828.